The molecule has 2 heterocycles. The van der Waals surface area contributed by atoms with Gasteiger partial charge in [-0.05, 0) is 11.6 Å². The van der Waals surface area contributed by atoms with Crippen molar-refractivity contribution in [1.29, 1.82) is 0 Å². The molecule has 3 rings (SSSR count). The predicted molar refractivity (Wildman–Crippen MR) is 68.6 cm³/mol. The number of para-hydroxylation sites is 1. The van der Waals surface area contributed by atoms with E-state index >= 15 is 0 Å². The van der Waals surface area contributed by atoms with Crippen molar-refractivity contribution in [2.75, 3.05) is 19.6 Å². The molecule has 0 saturated carbocycles. The molecule has 1 aromatic heterocycles. The zero-order valence-electron chi connectivity index (χ0n) is 9.89. The smallest absolute Gasteiger partial charge is 0.407 e. The summed E-state index contributed by atoms with van der Waals surface area (Å²) in [5.74, 6) is 0. The number of nitrogens with one attached hydrogen (secondary N) is 2. The number of rotatable bonds is 1. The molecule has 0 aliphatic carbocycles. The molecule has 1 unspecified atom stereocenters. The Balaban J connectivity index is 1.92. The lowest BCUT2D eigenvalue weighted by Crippen LogP contribution is -2.47. The van der Waals surface area contributed by atoms with Gasteiger partial charge in [0.25, 0.3) is 0 Å². The largest absolute Gasteiger partial charge is 0.465 e. The van der Waals surface area contributed by atoms with E-state index in [9.17, 15) is 4.79 Å². The Morgan fingerprint density at radius 2 is 2.22 bits per heavy atom. The number of fused-ring (bicyclic) bond motifs is 1. The van der Waals surface area contributed by atoms with Gasteiger partial charge in [-0.25, -0.2) is 4.79 Å². The number of carboxylic acid groups (broad SMARTS) is 1. The van der Waals surface area contributed by atoms with Crippen LogP contribution in [0.4, 0.5) is 4.79 Å². The van der Waals surface area contributed by atoms with Gasteiger partial charge in [-0.2, -0.15) is 0 Å². The van der Waals surface area contributed by atoms with Crippen molar-refractivity contribution in [2.24, 2.45) is 0 Å². The standard InChI is InChI=1S/C13H15N3O2/c17-13(18)16-6-5-14-12(8-16)10-7-15-11-4-2-1-3-9(10)11/h1-4,7,12,14-15H,5-6,8H2,(H,17,18). The minimum absolute atomic E-state index is 0.0611. The van der Waals surface area contributed by atoms with E-state index in [0.717, 1.165) is 16.5 Å². The van der Waals surface area contributed by atoms with E-state index in [1.165, 1.54) is 4.90 Å². The maximum absolute atomic E-state index is 11.0. The van der Waals surface area contributed by atoms with Crippen LogP contribution in [0, 0.1) is 0 Å². The molecule has 1 aliphatic heterocycles. The Hall–Kier alpha value is -2.01. The molecule has 1 atom stereocenters. The fourth-order valence-electron chi connectivity index (χ4n) is 2.51. The van der Waals surface area contributed by atoms with Gasteiger partial charge >= 0.3 is 6.09 Å². The van der Waals surface area contributed by atoms with Crippen LogP contribution in [0.5, 0.6) is 0 Å². The minimum Gasteiger partial charge on any atom is -0.465 e. The number of carbonyl (C=O) groups is 1. The molecule has 1 amide bonds. The Bertz CT molecular complexity index is 578. The Morgan fingerprint density at radius 1 is 1.39 bits per heavy atom. The van der Waals surface area contributed by atoms with Gasteiger partial charge in [0.15, 0.2) is 0 Å². The number of piperazine rings is 1. The van der Waals surface area contributed by atoms with Gasteiger partial charge in [0.1, 0.15) is 0 Å². The Morgan fingerprint density at radius 3 is 3.06 bits per heavy atom. The minimum atomic E-state index is -0.846. The number of benzene rings is 1. The van der Waals surface area contributed by atoms with Gasteiger partial charge in [0.05, 0.1) is 6.04 Å². The predicted octanol–water partition coefficient (Wildman–Crippen LogP) is 1.79. The summed E-state index contributed by atoms with van der Waals surface area (Å²) < 4.78 is 0. The summed E-state index contributed by atoms with van der Waals surface area (Å²) in [5.41, 5.74) is 2.22. The highest BCUT2D eigenvalue weighted by atomic mass is 16.4. The first-order valence-electron chi connectivity index (χ1n) is 6.03. The van der Waals surface area contributed by atoms with Gasteiger partial charge < -0.3 is 20.3 Å². The Labute approximate surface area is 104 Å². The highest BCUT2D eigenvalue weighted by Crippen LogP contribution is 2.25. The van der Waals surface area contributed by atoms with E-state index in [4.69, 9.17) is 5.11 Å². The summed E-state index contributed by atoms with van der Waals surface area (Å²) in [6.45, 7) is 1.74. The van der Waals surface area contributed by atoms with E-state index in [2.05, 4.69) is 16.4 Å². The van der Waals surface area contributed by atoms with E-state index in [0.29, 0.717) is 19.6 Å². The van der Waals surface area contributed by atoms with Crippen LogP contribution in [-0.2, 0) is 0 Å². The molecule has 0 radical (unpaired) electrons. The van der Waals surface area contributed by atoms with Crippen LogP contribution < -0.4 is 5.32 Å². The maximum atomic E-state index is 11.0. The lowest BCUT2D eigenvalue weighted by atomic mass is 10.0. The highest BCUT2D eigenvalue weighted by molar-refractivity contribution is 5.83. The quantitative estimate of drug-likeness (QED) is 0.717. The fourth-order valence-corrected chi connectivity index (χ4v) is 2.51. The molecule has 1 aliphatic rings. The number of amides is 1. The second-order valence-electron chi connectivity index (χ2n) is 4.52. The molecule has 0 bridgehead atoms. The third-order valence-electron chi connectivity index (χ3n) is 3.44. The average molecular weight is 245 g/mol. The summed E-state index contributed by atoms with van der Waals surface area (Å²) in [6, 6.07) is 8.13. The maximum Gasteiger partial charge on any atom is 0.407 e. The average Bonchev–Trinajstić information content (AvgIpc) is 2.82. The van der Waals surface area contributed by atoms with Crippen molar-refractivity contribution in [2.45, 2.75) is 6.04 Å². The second-order valence-corrected chi connectivity index (χ2v) is 4.52. The van der Waals surface area contributed by atoms with Crippen molar-refractivity contribution < 1.29 is 9.90 Å². The summed E-state index contributed by atoms with van der Waals surface area (Å²) in [5, 5.41) is 13.6. The summed E-state index contributed by atoms with van der Waals surface area (Å²) >= 11 is 0. The molecule has 5 nitrogen and oxygen atoms in total. The van der Waals surface area contributed by atoms with Crippen molar-refractivity contribution in [1.82, 2.24) is 15.2 Å². The fraction of sp³-hybridized carbons (Fsp3) is 0.308. The van der Waals surface area contributed by atoms with E-state index < -0.39 is 6.09 Å². The number of hydrogen-bond acceptors (Lipinski definition) is 2. The van der Waals surface area contributed by atoms with Crippen LogP contribution in [-0.4, -0.2) is 40.7 Å². The number of aromatic amines is 1. The van der Waals surface area contributed by atoms with Crippen molar-refractivity contribution in [3.05, 3.63) is 36.0 Å². The summed E-state index contributed by atoms with van der Waals surface area (Å²) in [6.07, 6.45) is 1.12. The Kier molecular flexibility index (Phi) is 2.68. The number of H-pyrrole nitrogens is 1. The first kappa shape index (κ1) is 11.1. The van der Waals surface area contributed by atoms with Crippen molar-refractivity contribution in [3.63, 3.8) is 0 Å². The van der Waals surface area contributed by atoms with Crippen molar-refractivity contribution in [3.8, 4) is 0 Å². The zero-order chi connectivity index (χ0) is 12.5. The zero-order valence-corrected chi connectivity index (χ0v) is 9.89. The van der Waals surface area contributed by atoms with Crippen LogP contribution in [0.25, 0.3) is 10.9 Å². The monoisotopic (exact) mass is 245 g/mol. The van der Waals surface area contributed by atoms with Crippen LogP contribution in [0.15, 0.2) is 30.5 Å². The highest BCUT2D eigenvalue weighted by Gasteiger charge is 2.25. The van der Waals surface area contributed by atoms with Gasteiger partial charge in [-0.15, -0.1) is 0 Å². The first-order chi connectivity index (χ1) is 8.75. The molecule has 3 N–H and O–H groups in total. The normalized spacial score (nSPS) is 20.2. The van der Waals surface area contributed by atoms with Crippen LogP contribution in [0.3, 0.4) is 0 Å². The number of hydrogen-bond donors (Lipinski definition) is 3. The third kappa shape index (κ3) is 1.82. The molecule has 18 heavy (non-hydrogen) atoms. The van der Waals surface area contributed by atoms with Crippen LogP contribution in [0.1, 0.15) is 11.6 Å². The molecule has 1 fully saturated rings. The number of aromatic nitrogens is 1. The molecule has 0 spiro atoms. The van der Waals surface area contributed by atoms with E-state index in [-0.39, 0.29) is 6.04 Å². The molecular formula is C13H15N3O2. The molecule has 94 valence electrons. The lowest BCUT2D eigenvalue weighted by molar-refractivity contribution is 0.129. The molecule has 5 heteroatoms. The van der Waals surface area contributed by atoms with Gasteiger partial charge in [-0.1, -0.05) is 18.2 Å². The second kappa shape index (κ2) is 4.34. The molecule has 1 aromatic carbocycles. The van der Waals surface area contributed by atoms with Crippen LogP contribution in [0.2, 0.25) is 0 Å². The summed E-state index contributed by atoms with van der Waals surface area (Å²) in [4.78, 5) is 15.7. The van der Waals surface area contributed by atoms with Gasteiger partial charge in [0.2, 0.25) is 0 Å². The lowest BCUT2D eigenvalue weighted by Gasteiger charge is -2.31. The van der Waals surface area contributed by atoms with E-state index in [1.807, 2.05) is 24.4 Å². The number of nitrogens with zero attached hydrogens (tertiary/aromatic N) is 1. The van der Waals surface area contributed by atoms with Crippen LogP contribution >= 0.6 is 0 Å². The summed E-state index contributed by atoms with van der Waals surface area (Å²) in [7, 11) is 0. The molecular weight excluding hydrogens is 230 g/mol. The topological polar surface area (TPSA) is 68.4 Å². The molecule has 1 saturated heterocycles. The van der Waals surface area contributed by atoms with Gasteiger partial charge in [-0.3, -0.25) is 0 Å². The molecule has 2 aromatic rings. The van der Waals surface area contributed by atoms with Crippen molar-refractivity contribution >= 4 is 17.0 Å². The van der Waals surface area contributed by atoms with Gasteiger partial charge in [0, 0.05) is 36.7 Å². The third-order valence-corrected chi connectivity index (χ3v) is 3.44. The van der Waals surface area contributed by atoms with E-state index in [1.54, 1.807) is 0 Å². The SMILES string of the molecule is O=C(O)N1CCNC(c2c[nH]c3ccccc23)C1. The first-order valence-corrected chi connectivity index (χ1v) is 6.03.